The van der Waals surface area contributed by atoms with Crippen LogP contribution in [-0.2, 0) is 4.79 Å². The van der Waals surface area contributed by atoms with Crippen molar-refractivity contribution in [3.8, 4) is 5.75 Å². The summed E-state index contributed by atoms with van der Waals surface area (Å²) < 4.78 is 5.55. The van der Waals surface area contributed by atoms with Gasteiger partial charge in [-0.25, -0.2) is 0 Å². The number of ketones is 1. The van der Waals surface area contributed by atoms with Crippen LogP contribution in [0.25, 0.3) is 0 Å². The molecule has 1 atom stereocenters. The fourth-order valence-corrected chi connectivity index (χ4v) is 1.65. The zero-order valence-electron chi connectivity index (χ0n) is 12.6. The number of ether oxygens (including phenoxy) is 1. The van der Waals surface area contributed by atoms with Crippen LogP contribution in [0.3, 0.4) is 0 Å². The molecule has 1 unspecified atom stereocenters. The SMILES string of the molecule is CC(=O)c1ccc(OC(C)C(=O)NCCC(C)C)cc1. The van der Waals surface area contributed by atoms with Crippen molar-refractivity contribution in [1.29, 1.82) is 0 Å². The minimum absolute atomic E-state index is 0.0102. The van der Waals surface area contributed by atoms with Gasteiger partial charge in [-0.2, -0.15) is 0 Å². The molecule has 1 rings (SSSR count). The molecule has 0 spiro atoms. The number of rotatable bonds is 7. The standard InChI is InChI=1S/C16H23NO3/c1-11(2)9-10-17-16(19)13(4)20-15-7-5-14(6-8-15)12(3)18/h5-8,11,13H,9-10H2,1-4H3,(H,17,19). The molecule has 1 N–H and O–H groups in total. The topological polar surface area (TPSA) is 55.4 Å². The summed E-state index contributed by atoms with van der Waals surface area (Å²) in [7, 11) is 0. The summed E-state index contributed by atoms with van der Waals surface area (Å²) in [4.78, 5) is 23.0. The third kappa shape index (κ3) is 5.43. The molecule has 0 radical (unpaired) electrons. The van der Waals surface area contributed by atoms with E-state index in [1.165, 1.54) is 6.92 Å². The van der Waals surface area contributed by atoms with Crippen molar-refractivity contribution in [3.05, 3.63) is 29.8 Å². The lowest BCUT2D eigenvalue weighted by Gasteiger charge is -2.15. The molecule has 20 heavy (non-hydrogen) atoms. The molecule has 1 aromatic rings. The largest absolute Gasteiger partial charge is 0.481 e. The predicted octanol–water partition coefficient (Wildman–Crippen LogP) is 2.82. The summed E-state index contributed by atoms with van der Waals surface area (Å²) in [6.45, 7) is 8.11. The molecular formula is C16H23NO3. The Morgan fingerprint density at radius 3 is 2.25 bits per heavy atom. The van der Waals surface area contributed by atoms with E-state index in [1.54, 1.807) is 31.2 Å². The zero-order valence-corrected chi connectivity index (χ0v) is 12.6. The lowest BCUT2D eigenvalue weighted by Crippen LogP contribution is -2.37. The molecule has 0 saturated carbocycles. The summed E-state index contributed by atoms with van der Waals surface area (Å²) in [5.41, 5.74) is 0.631. The Kier molecular flexibility index (Phi) is 6.22. The molecule has 0 saturated heterocycles. The second-order valence-electron chi connectivity index (χ2n) is 5.31. The number of nitrogens with one attached hydrogen (secondary N) is 1. The van der Waals surface area contributed by atoms with Gasteiger partial charge in [0.15, 0.2) is 11.9 Å². The minimum atomic E-state index is -0.551. The van der Waals surface area contributed by atoms with Crippen LogP contribution < -0.4 is 10.1 Å². The van der Waals surface area contributed by atoms with E-state index >= 15 is 0 Å². The number of carbonyl (C=O) groups is 2. The molecule has 4 heteroatoms. The van der Waals surface area contributed by atoms with Crippen molar-refractivity contribution >= 4 is 11.7 Å². The maximum Gasteiger partial charge on any atom is 0.260 e. The average Bonchev–Trinajstić information content (AvgIpc) is 2.38. The van der Waals surface area contributed by atoms with Crippen molar-refractivity contribution in [2.75, 3.05) is 6.54 Å². The van der Waals surface area contributed by atoms with E-state index in [-0.39, 0.29) is 11.7 Å². The third-order valence-electron chi connectivity index (χ3n) is 2.96. The van der Waals surface area contributed by atoms with Crippen LogP contribution in [0.1, 0.15) is 44.5 Å². The summed E-state index contributed by atoms with van der Waals surface area (Å²) in [6, 6.07) is 6.80. The van der Waals surface area contributed by atoms with Crippen molar-refractivity contribution in [3.63, 3.8) is 0 Å². The van der Waals surface area contributed by atoms with Crippen LogP contribution in [0.5, 0.6) is 5.75 Å². The van der Waals surface area contributed by atoms with Gasteiger partial charge in [-0.1, -0.05) is 13.8 Å². The first-order chi connectivity index (χ1) is 9.40. The van der Waals surface area contributed by atoms with Gasteiger partial charge in [0.1, 0.15) is 5.75 Å². The van der Waals surface area contributed by atoms with Gasteiger partial charge in [-0.05, 0) is 50.5 Å². The first-order valence-electron chi connectivity index (χ1n) is 6.95. The third-order valence-corrected chi connectivity index (χ3v) is 2.96. The van der Waals surface area contributed by atoms with Crippen LogP contribution in [0.15, 0.2) is 24.3 Å². The summed E-state index contributed by atoms with van der Waals surface area (Å²) in [6.07, 6.45) is 0.400. The second-order valence-corrected chi connectivity index (χ2v) is 5.31. The van der Waals surface area contributed by atoms with Crippen LogP contribution in [0.2, 0.25) is 0 Å². The lowest BCUT2D eigenvalue weighted by atomic mass is 10.1. The summed E-state index contributed by atoms with van der Waals surface area (Å²) in [5.74, 6) is 1.03. The molecule has 0 aliphatic heterocycles. The van der Waals surface area contributed by atoms with Crippen LogP contribution >= 0.6 is 0 Å². The van der Waals surface area contributed by atoms with E-state index in [4.69, 9.17) is 4.74 Å². The smallest absolute Gasteiger partial charge is 0.260 e. The molecule has 0 aliphatic rings. The predicted molar refractivity (Wildman–Crippen MR) is 79.0 cm³/mol. The maximum atomic E-state index is 11.8. The van der Waals surface area contributed by atoms with Gasteiger partial charge in [0.25, 0.3) is 5.91 Å². The van der Waals surface area contributed by atoms with Crippen LogP contribution in [0, 0.1) is 5.92 Å². The number of hydrogen-bond donors (Lipinski definition) is 1. The Balaban J connectivity index is 2.46. The quantitative estimate of drug-likeness (QED) is 0.780. The molecule has 1 amide bonds. The van der Waals surface area contributed by atoms with Gasteiger partial charge in [0.2, 0.25) is 0 Å². The van der Waals surface area contributed by atoms with E-state index in [0.29, 0.717) is 23.8 Å². The number of amides is 1. The highest BCUT2D eigenvalue weighted by Gasteiger charge is 2.14. The van der Waals surface area contributed by atoms with Gasteiger partial charge in [-0.3, -0.25) is 9.59 Å². The highest BCUT2D eigenvalue weighted by atomic mass is 16.5. The molecule has 0 fully saturated rings. The van der Waals surface area contributed by atoms with Crippen molar-refractivity contribution in [1.82, 2.24) is 5.32 Å². The zero-order chi connectivity index (χ0) is 15.1. The van der Waals surface area contributed by atoms with E-state index in [9.17, 15) is 9.59 Å². The summed E-state index contributed by atoms with van der Waals surface area (Å²) in [5, 5.41) is 2.85. The highest BCUT2D eigenvalue weighted by molar-refractivity contribution is 5.94. The Morgan fingerprint density at radius 1 is 1.15 bits per heavy atom. The Bertz CT molecular complexity index is 451. The Labute approximate surface area is 120 Å². The van der Waals surface area contributed by atoms with Crippen molar-refractivity contribution < 1.29 is 14.3 Å². The van der Waals surface area contributed by atoms with Gasteiger partial charge in [-0.15, -0.1) is 0 Å². The van der Waals surface area contributed by atoms with Crippen molar-refractivity contribution in [2.45, 2.75) is 40.2 Å². The molecule has 1 aromatic carbocycles. The van der Waals surface area contributed by atoms with Crippen LogP contribution in [-0.4, -0.2) is 24.3 Å². The number of benzene rings is 1. The van der Waals surface area contributed by atoms with Crippen molar-refractivity contribution in [2.24, 2.45) is 5.92 Å². The van der Waals surface area contributed by atoms with Crippen LogP contribution in [0.4, 0.5) is 0 Å². The molecule has 0 aromatic heterocycles. The molecular weight excluding hydrogens is 254 g/mol. The Morgan fingerprint density at radius 2 is 1.75 bits per heavy atom. The monoisotopic (exact) mass is 277 g/mol. The molecule has 0 bridgehead atoms. The average molecular weight is 277 g/mol. The number of Topliss-reactive ketones (excluding diaryl/α,β-unsaturated/α-hetero) is 1. The van der Waals surface area contributed by atoms with E-state index in [1.807, 2.05) is 0 Å². The molecule has 110 valence electrons. The van der Waals surface area contributed by atoms with Gasteiger partial charge >= 0.3 is 0 Å². The van der Waals surface area contributed by atoms with Gasteiger partial charge in [0, 0.05) is 12.1 Å². The minimum Gasteiger partial charge on any atom is -0.481 e. The number of hydrogen-bond acceptors (Lipinski definition) is 3. The number of carbonyl (C=O) groups excluding carboxylic acids is 2. The molecule has 4 nitrogen and oxygen atoms in total. The highest BCUT2D eigenvalue weighted by Crippen LogP contribution is 2.14. The first-order valence-corrected chi connectivity index (χ1v) is 6.95. The normalized spacial score (nSPS) is 12.1. The van der Waals surface area contributed by atoms with E-state index < -0.39 is 6.10 Å². The van der Waals surface area contributed by atoms with E-state index in [0.717, 1.165) is 6.42 Å². The van der Waals surface area contributed by atoms with Gasteiger partial charge < -0.3 is 10.1 Å². The van der Waals surface area contributed by atoms with Gasteiger partial charge in [0.05, 0.1) is 0 Å². The molecule has 0 heterocycles. The maximum absolute atomic E-state index is 11.8. The second kappa shape index (κ2) is 7.68. The summed E-state index contributed by atoms with van der Waals surface area (Å²) >= 11 is 0. The Hall–Kier alpha value is -1.84. The fraction of sp³-hybridized carbons (Fsp3) is 0.500. The van der Waals surface area contributed by atoms with E-state index in [2.05, 4.69) is 19.2 Å². The lowest BCUT2D eigenvalue weighted by molar-refractivity contribution is -0.127. The fourth-order valence-electron chi connectivity index (χ4n) is 1.65. The molecule has 0 aliphatic carbocycles. The first kappa shape index (κ1) is 16.2.